The highest BCUT2D eigenvalue weighted by Crippen LogP contribution is 2.54. The number of rotatable bonds is 6. The molecule has 0 radical (unpaired) electrons. The minimum Gasteiger partial charge on any atom is -0.508 e. The summed E-state index contributed by atoms with van der Waals surface area (Å²) in [4.78, 5) is 19.3. The molecule has 0 aliphatic rings. The van der Waals surface area contributed by atoms with E-state index < -0.39 is 13.2 Å². The number of hydrogen-bond acceptors (Lipinski definition) is 4. The zero-order valence-corrected chi connectivity index (χ0v) is 19.6. The van der Waals surface area contributed by atoms with Gasteiger partial charge in [0.2, 0.25) is 0 Å². The van der Waals surface area contributed by atoms with E-state index in [1.807, 2.05) is 50.2 Å². The molecule has 4 rings (SSSR count). The molecule has 0 heterocycles. The van der Waals surface area contributed by atoms with Crippen molar-refractivity contribution < 1.29 is 29.1 Å². The maximum absolute atomic E-state index is 11.9. The van der Waals surface area contributed by atoms with Crippen LogP contribution in [0.2, 0.25) is 0 Å². The summed E-state index contributed by atoms with van der Waals surface area (Å²) in [5.74, 6) is -0.547. The zero-order valence-electron chi connectivity index (χ0n) is 18.7. The Labute approximate surface area is 198 Å². The van der Waals surface area contributed by atoms with Gasteiger partial charge in [0.15, 0.2) is 11.5 Å². The highest BCUT2D eigenvalue weighted by molar-refractivity contribution is 7.46. The van der Waals surface area contributed by atoms with Crippen LogP contribution in [-0.4, -0.2) is 20.0 Å². The summed E-state index contributed by atoms with van der Waals surface area (Å²) < 4.78 is 17.0. The lowest BCUT2D eigenvalue weighted by molar-refractivity contribution is 0.278. The van der Waals surface area contributed by atoms with Crippen LogP contribution in [0.15, 0.2) is 91.0 Å². The predicted molar refractivity (Wildman–Crippen MR) is 132 cm³/mol. The van der Waals surface area contributed by atoms with E-state index >= 15 is 0 Å². The molecule has 174 valence electrons. The summed E-state index contributed by atoms with van der Waals surface area (Å²) in [5, 5.41) is 20.8. The molecule has 4 aromatic carbocycles. The second-order valence-corrected chi connectivity index (χ2v) is 9.67. The third kappa shape index (κ3) is 4.70. The number of phosphoric acid groups is 1. The van der Waals surface area contributed by atoms with Crippen molar-refractivity contribution in [1.82, 2.24) is 0 Å². The van der Waals surface area contributed by atoms with Gasteiger partial charge in [0.25, 0.3) is 0 Å². The summed E-state index contributed by atoms with van der Waals surface area (Å²) >= 11 is 0. The quantitative estimate of drug-likeness (QED) is 0.246. The molecule has 0 aromatic heterocycles. The van der Waals surface area contributed by atoms with Crippen LogP contribution in [0, 0.1) is 0 Å². The van der Waals surface area contributed by atoms with Crippen molar-refractivity contribution in [2.45, 2.75) is 19.3 Å². The Hall–Kier alpha value is -3.57. The first-order valence-corrected chi connectivity index (χ1v) is 12.2. The zero-order chi connectivity index (χ0) is 24.5. The maximum atomic E-state index is 11.9. The topological polar surface area (TPSA) is 107 Å². The first-order valence-electron chi connectivity index (χ1n) is 10.6. The van der Waals surface area contributed by atoms with Gasteiger partial charge in [-0.1, -0.05) is 86.6 Å². The molecule has 0 atom stereocenters. The molecule has 34 heavy (non-hydrogen) atoms. The first-order chi connectivity index (χ1) is 16.1. The average molecular weight is 476 g/mol. The van der Waals surface area contributed by atoms with Crippen LogP contribution < -0.4 is 4.52 Å². The van der Waals surface area contributed by atoms with Crippen LogP contribution in [0.5, 0.6) is 17.2 Å². The number of phosphoric ester groups is 1. The summed E-state index contributed by atoms with van der Waals surface area (Å²) in [5.41, 5.74) is 3.34. The molecule has 0 amide bonds. The van der Waals surface area contributed by atoms with E-state index in [0.29, 0.717) is 22.3 Å². The van der Waals surface area contributed by atoms with Gasteiger partial charge >= 0.3 is 7.82 Å². The molecule has 0 fully saturated rings. The van der Waals surface area contributed by atoms with Gasteiger partial charge in [-0.2, -0.15) is 0 Å². The Morgan fingerprint density at radius 3 is 1.82 bits per heavy atom. The lowest BCUT2D eigenvalue weighted by Gasteiger charge is -2.33. The molecule has 0 bridgehead atoms. The van der Waals surface area contributed by atoms with Gasteiger partial charge in [-0.05, 0) is 46.0 Å². The molecule has 0 aliphatic carbocycles. The molecule has 0 saturated heterocycles. The van der Waals surface area contributed by atoms with Crippen LogP contribution in [-0.2, 0) is 9.98 Å². The van der Waals surface area contributed by atoms with Gasteiger partial charge in [0.05, 0.1) is 0 Å². The molecule has 0 saturated carbocycles. The minimum absolute atomic E-state index is 0.127. The molecule has 7 heteroatoms. The number of phenolic OH excluding ortho intramolecular Hbond substituents is 2. The lowest BCUT2D eigenvalue weighted by atomic mass is 9.71. The molecular weight excluding hydrogens is 451 g/mol. The van der Waals surface area contributed by atoms with Crippen LogP contribution in [0.1, 0.15) is 25.0 Å². The van der Waals surface area contributed by atoms with Gasteiger partial charge in [-0.15, -0.1) is 0 Å². The van der Waals surface area contributed by atoms with E-state index in [4.69, 9.17) is 4.52 Å². The largest absolute Gasteiger partial charge is 0.524 e. The average Bonchev–Trinajstić information content (AvgIpc) is 2.80. The van der Waals surface area contributed by atoms with Crippen LogP contribution in [0.25, 0.3) is 22.3 Å². The highest BCUT2D eigenvalue weighted by atomic mass is 31.2. The summed E-state index contributed by atoms with van der Waals surface area (Å²) in [7, 11) is -4.99. The Morgan fingerprint density at radius 2 is 1.29 bits per heavy atom. The third-order valence-electron chi connectivity index (χ3n) is 5.83. The van der Waals surface area contributed by atoms with Crippen LogP contribution in [0.4, 0.5) is 0 Å². The van der Waals surface area contributed by atoms with Gasteiger partial charge in [0, 0.05) is 11.0 Å². The first kappa shape index (κ1) is 23.6. The summed E-state index contributed by atoms with van der Waals surface area (Å²) in [6, 6.07) is 26.8. The van der Waals surface area contributed by atoms with Gasteiger partial charge in [0.1, 0.15) is 5.75 Å². The Balaban J connectivity index is 2.16. The van der Waals surface area contributed by atoms with Crippen molar-refractivity contribution >= 4 is 7.82 Å². The Morgan fingerprint density at radius 1 is 0.765 bits per heavy atom. The van der Waals surface area contributed by atoms with Gasteiger partial charge in [-0.25, -0.2) is 4.57 Å². The van der Waals surface area contributed by atoms with Crippen molar-refractivity contribution in [3.63, 3.8) is 0 Å². The third-order valence-corrected chi connectivity index (χ3v) is 6.25. The molecule has 0 aliphatic heterocycles. The van der Waals surface area contributed by atoms with E-state index in [1.165, 1.54) is 6.07 Å². The maximum Gasteiger partial charge on any atom is 0.524 e. The van der Waals surface area contributed by atoms with Crippen LogP contribution >= 0.6 is 7.82 Å². The van der Waals surface area contributed by atoms with Gasteiger partial charge in [-0.3, -0.25) is 9.79 Å². The Bertz CT molecular complexity index is 1340. The fraction of sp³-hybridized carbons (Fsp3) is 0.111. The molecular formula is C27H25O6P. The monoisotopic (exact) mass is 476 g/mol. The normalized spacial score (nSPS) is 11.9. The summed E-state index contributed by atoms with van der Waals surface area (Å²) in [6.45, 7) is 3.96. The number of phenols is 2. The van der Waals surface area contributed by atoms with E-state index in [-0.39, 0.29) is 17.2 Å². The second-order valence-electron chi connectivity index (χ2n) is 8.51. The number of aromatic hydroxyl groups is 2. The fourth-order valence-electron chi connectivity index (χ4n) is 4.26. The molecule has 4 N–H and O–H groups in total. The number of benzene rings is 4. The van der Waals surface area contributed by atoms with E-state index in [0.717, 1.165) is 11.1 Å². The van der Waals surface area contributed by atoms with Gasteiger partial charge < -0.3 is 14.7 Å². The summed E-state index contributed by atoms with van der Waals surface area (Å²) in [6.07, 6.45) is 0. The SMILES string of the molecule is CC(C)(c1ccc(O)cc1)c1c(-c2ccccc2)cc(O)c(OP(=O)(O)O)c1-c1ccccc1. The van der Waals surface area contributed by atoms with Crippen molar-refractivity contribution in [2.75, 3.05) is 0 Å². The van der Waals surface area contributed by atoms with E-state index in [9.17, 15) is 24.6 Å². The van der Waals surface area contributed by atoms with E-state index in [1.54, 1.807) is 48.5 Å². The number of hydrogen-bond donors (Lipinski definition) is 4. The van der Waals surface area contributed by atoms with Crippen molar-refractivity contribution in [1.29, 1.82) is 0 Å². The van der Waals surface area contributed by atoms with Crippen LogP contribution in [0.3, 0.4) is 0 Å². The standard InChI is InChI=1S/C27H25O6P/c1-27(2,20-13-15-21(28)16-14-20)25-22(18-9-5-3-6-10-18)17-23(29)26(33-34(30,31)32)24(25)19-11-7-4-8-12-19/h3-17,28-29H,1-2H3,(H2,30,31,32). The highest BCUT2D eigenvalue weighted by Gasteiger charge is 2.35. The minimum atomic E-state index is -4.99. The molecule has 4 aromatic rings. The smallest absolute Gasteiger partial charge is 0.508 e. The predicted octanol–water partition coefficient (Wildman–Crippen LogP) is 6.23. The lowest BCUT2D eigenvalue weighted by Crippen LogP contribution is -2.22. The Kier molecular flexibility index (Phi) is 6.24. The molecule has 0 spiro atoms. The van der Waals surface area contributed by atoms with Crippen molar-refractivity contribution in [3.05, 3.63) is 102 Å². The molecule has 0 unspecified atom stereocenters. The van der Waals surface area contributed by atoms with Crippen molar-refractivity contribution in [2.24, 2.45) is 0 Å². The van der Waals surface area contributed by atoms with E-state index in [2.05, 4.69) is 0 Å². The van der Waals surface area contributed by atoms with Crippen molar-refractivity contribution in [3.8, 4) is 39.5 Å². The fourth-order valence-corrected chi connectivity index (χ4v) is 4.68. The molecule has 6 nitrogen and oxygen atoms in total. The second kappa shape index (κ2) is 8.99.